The van der Waals surface area contributed by atoms with E-state index < -0.39 is 12.8 Å². The summed E-state index contributed by atoms with van der Waals surface area (Å²) in [5, 5.41) is -1.06. The minimum absolute atomic E-state index is 0.0286. The van der Waals surface area contributed by atoms with Gasteiger partial charge in [-0.15, -0.1) is 6.58 Å². The average molecular weight is 356 g/mol. The molecule has 1 aliphatic heterocycles. The molecule has 0 aromatic carbocycles. The molecule has 0 aromatic heterocycles. The summed E-state index contributed by atoms with van der Waals surface area (Å²) in [5.74, 6) is 0.983. The minimum Gasteiger partial charge on any atom is -0.461 e. The summed E-state index contributed by atoms with van der Waals surface area (Å²) < 4.78 is 29.8. The third-order valence-corrected chi connectivity index (χ3v) is 8.63. The van der Waals surface area contributed by atoms with Gasteiger partial charge in [0, 0.05) is 5.92 Å². The van der Waals surface area contributed by atoms with Crippen molar-refractivity contribution in [3.05, 3.63) is 12.7 Å². The van der Waals surface area contributed by atoms with Crippen LogP contribution < -0.4 is 0 Å². The SMILES string of the molecule is C=CCOP1(=O)OCC2CC21C(=O)O[C@@H]1C[C@H](C)CC[C@H]1C(C)C. The van der Waals surface area contributed by atoms with Crippen molar-refractivity contribution in [1.82, 2.24) is 0 Å². The molecule has 0 spiro atoms. The normalized spacial score (nSPS) is 44.2. The van der Waals surface area contributed by atoms with Gasteiger partial charge in [0.1, 0.15) is 6.10 Å². The van der Waals surface area contributed by atoms with E-state index in [1.807, 2.05) is 0 Å². The Morgan fingerprint density at radius 3 is 2.83 bits per heavy atom. The zero-order chi connectivity index (χ0) is 17.5. The molecule has 1 heterocycles. The molecule has 24 heavy (non-hydrogen) atoms. The van der Waals surface area contributed by atoms with E-state index in [1.165, 1.54) is 12.5 Å². The van der Waals surface area contributed by atoms with Crippen LogP contribution in [0.4, 0.5) is 0 Å². The molecule has 0 amide bonds. The predicted molar refractivity (Wildman–Crippen MR) is 91.8 cm³/mol. The van der Waals surface area contributed by atoms with Gasteiger partial charge in [-0.25, -0.2) is 0 Å². The van der Waals surface area contributed by atoms with Gasteiger partial charge in [0.25, 0.3) is 0 Å². The van der Waals surface area contributed by atoms with Crippen LogP contribution in [0.1, 0.15) is 46.5 Å². The number of ether oxygens (including phenoxy) is 1. The molecular weight excluding hydrogens is 327 g/mol. The molecule has 2 aliphatic carbocycles. The second-order valence-electron chi connectivity index (χ2n) is 7.97. The summed E-state index contributed by atoms with van der Waals surface area (Å²) in [5.41, 5.74) is 0. The summed E-state index contributed by atoms with van der Waals surface area (Å²) in [6.45, 7) is 10.6. The van der Waals surface area contributed by atoms with Crippen LogP contribution in [0.15, 0.2) is 12.7 Å². The van der Waals surface area contributed by atoms with E-state index in [4.69, 9.17) is 13.8 Å². The topological polar surface area (TPSA) is 61.8 Å². The lowest BCUT2D eigenvalue weighted by atomic mass is 9.75. The van der Waals surface area contributed by atoms with E-state index in [9.17, 15) is 9.36 Å². The van der Waals surface area contributed by atoms with Crippen molar-refractivity contribution in [2.24, 2.45) is 23.7 Å². The van der Waals surface area contributed by atoms with E-state index in [-0.39, 0.29) is 24.6 Å². The van der Waals surface area contributed by atoms with Crippen LogP contribution >= 0.6 is 7.60 Å². The van der Waals surface area contributed by atoms with Gasteiger partial charge < -0.3 is 13.8 Å². The summed E-state index contributed by atoms with van der Waals surface area (Å²) in [6, 6.07) is 0. The monoisotopic (exact) mass is 356 g/mol. The molecule has 2 saturated carbocycles. The molecule has 0 aromatic rings. The van der Waals surface area contributed by atoms with Crippen molar-refractivity contribution < 1.29 is 23.1 Å². The highest BCUT2D eigenvalue weighted by Crippen LogP contribution is 2.79. The van der Waals surface area contributed by atoms with Crippen molar-refractivity contribution in [2.75, 3.05) is 13.2 Å². The van der Waals surface area contributed by atoms with Gasteiger partial charge in [0.05, 0.1) is 13.2 Å². The zero-order valence-electron chi connectivity index (χ0n) is 14.9. The highest BCUT2D eigenvalue weighted by Gasteiger charge is 2.78. The summed E-state index contributed by atoms with van der Waals surface area (Å²) in [7, 11) is -3.46. The first kappa shape index (κ1) is 18.2. The smallest absolute Gasteiger partial charge is 0.348 e. The number of carbonyl (C=O) groups excluding carboxylic acids is 1. The van der Waals surface area contributed by atoms with Gasteiger partial charge in [0.2, 0.25) is 0 Å². The number of hydrogen-bond donors (Lipinski definition) is 0. The minimum atomic E-state index is -3.46. The highest BCUT2D eigenvalue weighted by atomic mass is 31.2. The Hall–Kier alpha value is -0.640. The van der Waals surface area contributed by atoms with E-state index in [0.29, 0.717) is 30.8 Å². The lowest BCUT2D eigenvalue weighted by molar-refractivity contribution is -0.156. The van der Waals surface area contributed by atoms with E-state index in [2.05, 4.69) is 27.4 Å². The van der Waals surface area contributed by atoms with E-state index >= 15 is 0 Å². The van der Waals surface area contributed by atoms with E-state index in [0.717, 1.165) is 12.8 Å². The van der Waals surface area contributed by atoms with Gasteiger partial charge in [-0.3, -0.25) is 9.36 Å². The third kappa shape index (κ3) is 2.89. The molecule has 136 valence electrons. The van der Waals surface area contributed by atoms with Gasteiger partial charge in [-0.2, -0.15) is 0 Å². The van der Waals surface area contributed by atoms with Crippen molar-refractivity contribution in [3.8, 4) is 0 Å². The van der Waals surface area contributed by atoms with Crippen LogP contribution in [0.25, 0.3) is 0 Å². The molecule has 1 saturated heterocycles. The highest BCUT2D eigenvalue weighted by molar-refractivity contribution is 7.57. The van der Waals surface area contributed by atoms with Crippen LogP contribution in [0.5, 0.6) is 0 Å². The summed E-state index contributed by atoms with van der Waals surface area (Å²) in [4.78, 5) is 13.0. The Kier molecular flexibility index (Phi) is 4.98. The molecule has 3 unspecified atom stereocenters. The molecule has 3 rings (SSSR count). The fourth-order valence-corrected chi connectivity index (χ4v) is 6.76. The van der Waals surface area contributed by atoms with Gasteiger partial charge in [-0.05, 0) is 37.0 Å². The fourth-order valence-electron chi connectivity index (χ4n) is 4.31. The number of fused-ring (bicyclic) bond motifs is 1. The maximum absolute atomic E-state index is 13.0. The third-order valence-electron chi connectivity index (χ3n) is 5.94. The van der Waals surface area contributed by atoms with Crippen molar-refractivity contribution >= 4 is 13.6 Å². The Morgan fingerprint density at radius 2 is 2.21 bits per heavy atom. The molecule has 5 nitrogen and oxygen atoms in total. The first-order valence-electron chi connectivity index (χ1n) is 9.05. The number of hydrogen-bond acceptors (Lipinski definition) is 5. The number of esters is 1. The van der Waals surface area contributed by atoms with Crippen molar-refractivity contribution in [1.29, 1.82) is 0 Å². The molecule has 6 heteroatoms. The van der Waals surface area contributed by atoms with Gasteiger partial charge in [-0.1, -0.05) is 33.3 Å². The van der Waals surface area contributed by atoms with Crippen LogP contribution in [-0.2, 0) is 23.1 Å². The maximum Gasteiger partial charge on any atom is 0.348 e. The molecule has 6 atom stereocenters. The summed E-state index contributed by atoms with van der Waals surface area (Å²) in [6.07, 6.45) is 5.12. The lowest BCUT2D eigenvalue weighted by Crippen LogP contribution is -2.39. The number of carbonyl (C=O) groups is 1. The van der Waals surface area contributed by atoms with Crippen molar-refractivity contribution in [3.63, 3.8) is 0 Å². The Balaban J connectivity index is 1.74. The Labute approximate surface area is 144 Å². The molecule has 0 N–H and O–H groups in total. The van der Waals surface area contributed by atoms with Crippen LogP contribution in [0.3, 0.4) is 0 Å². The standard InChI is InChI=1S/C18H29O5P/c1-5-8-21-24(20)18(10-14(18)11-22-24)17(19)23-16-9-13(4)6-7-15(16)12(2)3/h5,12-16H,1,6-11H2,2-4H3/t13-,14?,15+,16-,18?,24?/m1/s1. The zero-order valence-corrected chi connectivity index (χ0v) is 15.8. The Morgan fingerprint density at radius 1 is 1.46 bits per heavy atom. The summed E-state index contributed by atoms with van der Waals surface area (Å²) >= 11 is 0. The first-order valence-corrected chi connectivity index (χ1v) is 10.6. The Bertz CT molecular complexity index is 560. The molecule has 0 radical (unpaired) electrons. The lowest BCUT2D eigenvalue weighted by Gasteiger charge is -2.37. The largest absolute Gasteiger partial charge is 0.461 e. The second kappa shape index (κ2) is 6.59. The van der Waals surface area contributed by atoms with E-state index in [1.54, 1.807) is 0 Å². The van der Waals surface area contributed by atoms with Crippen molar-refractivity contribution in [2.45, 2.75) is 57.7 Å². The first-order chi connectivity index (χ1) is 11.3. The van der Waals surface area contributed by atoms with Crippen LogP contribution in [0.2, 0.25) is 0 Å². The maximum atomic E-state index is 13.0. The van der Waals surface area contributed by atoms with Gasteiger partial charge in [0.15, 0.2) is 5.16 Å². The molecule has 3 aliphatic rings. The quantitative estimate of drug-likeness (QED) is 0.406. The molecule has 0 bridgehead atoms. The fraction of sp³-hybridized carbons (Fsp3) is 0.833. The molecular formula is C18H29O5P. The second-order valence-corrected chi connectivity index (χ2v) is 10.3. The average Bonchev–Trinajstić information content (AvgIpc) is 3.21. The van der Waals surface area contributed by atoms with Crippen LogP contribution in [0, 0.1) is 23.7 Å². The van der Waals surface area contributed by atoms with Crippen LogP contribution in [-0.4, -0.2) is 30.4 Å². The predicted octanol–water partition coefficient (Wildman–Crippen LogP) is 4.18. The van der Waals surface area contributed by atoms with Gasteiger partial charge >= 0.3 is 13.6 Å². The molecule has 3 fully saturated rings. The number of rotatable bonds is 6.